The predicted molar refractivity (Wildman–Crippen MR) is 112 cm³/mol. The van der Waals surface area contributed by atoms with Gasteiger partial charge in [-0.1, -0.05) is 41.5 Å². The number of allylic oxidation sites excluding steroid dienone is 2. The zero-order chi connectivity index (χ0) is 21.7. The molecule has 5 nitrogen and oxygen atoms in total. The van der Waals surface area contributed by atoms with Crippen LogP contribution in [0, 0.1) is 0 Å². The summed E-state index contributed by atoms with van der Waals surface area (Å²) in [5.74, 6) is -0.516. The Morgan fingerprint density at radius 1 is 0.931 bits per heavy atom. The standard InChI is InChI=1S/C24H27NO4/c1-23(2,3)15-11-13(12-16(20(15)27)24(4,5)6)17-21(28)18-14(9-8-10-25-18)19(26)22(17)29-7/h8-12,27H,1-7H3. The molecule has 0 atom stereocenters. The highest BCUT2D eigenvalue weighted by atomic mass is 16.5. The third kappa shape index (κ3) is 3.46. The smallest absolute Gasteiger partial charge is 0.230 e. The highest BCUT2D eigenvalue weighted by Crippen LogP contribution is 2.42. The van der Waals surface area contributed by atoms with Crippen LogP contribution in [0.25, 0.3) is 5.57 Å². The summed E-state index contributed by atoms with van der Waals surface area (Å²) in [4.78, 5) is 30.5. The second kappa shape index (κ2) is 6.83. The first kappa shape index (κ1) is 20.8. The maximum absolute atomic E-state index is 13.3. The van der Waals surface area contributed by atoms with Gasteiger partial charge in [-0.3, -0.25) is 14.6 Å². The highest BCUT2D eigenvalue weighted by Gasteiger charge is 2.37. The minimum absolute atomic E-state index is 0.000841. The molecular weight excluding hydrogens is 366 g/mol. The summed E-state index contributed by atoms with van der Waals surface area (Å²) in [6, 6.07) is 6.75. The Labute approximate surface area is 171 Å². The molecule has 1 aliphatic carbocycles. The van der Waals surface area contributed by atoms with Crippen molar-refractivity contribution in [1.29, 1.82) is 0 Å². The molecular formula is C24H27NO4. The molecule has 1 aliphatic rings. The minimum Gasteiger partial charge on any atom is -0.507 e. The average molecular weight is 393 g/mol. The molecule has 1 N–H and O–H groups in total. The summed E-state index contributed by atoms with van der Waals surface area (Å²) in [7, 11) is 1.39. The lowest BCUT2D eigenvalue weighted by molar-refractivity contribution is 0.0922. The van der Waals surface area contributed by atoms with Gasteiger partial charge < -0.3 is 9.84 Å². The molecule has 3 rings (SSSR count). The monoisotopic (exact) mass is 393 g/mol. The molecule has 0 bridgehead atoms. The van der Waals surface area contributed by atoms with Crippen LogP contribution in [0.3, 0.4) is 0 Å². The SMILES string of the molecule is COC1=C(c2cc(C(C)(C)C)c(O)c(C(C)(C)C)c2)C(=O)c2ncccc2C1=O. The molecule has 5 heteroatoms. The maximum atomic E-state index is 13.3. The predicted octanol–water partition coefficient (Wildman–Crippen LogP) is 4.82. The first-order valence-corrected chi connectivity index (χ1v) is 9.59. The average Bonchev–Trinajstić information content (AvgIpc) is 2.63. The van der Waals surface area contributed by atoms with Gasteiger partial charge >= 0.3 is 0 Å². The second-order valence-electron chi connectivity index (χ2n) is 9.39. The molecule has 0 unspecified atom stereocenters. The van der Waals surface area contributed by atoms with E-state index in [0.717, 1.165) is 0 Å². The number of aromatic nitrogens is 1. The third-order valence-corrected chi connectivity index (χ3v) is 5.15. The quantitative estimate of drug-likeness (QED) is 0.792. The van der Waals surface area contributed by atoms with Crippen LogP contribution >= 0.6 is 0 Å². The normalized spacial score (nSPS) is 14.9. The number of phenols is 1. The van der Waals surface area contributed by atoms with Gasteiger partial charge in [0.1, 0.15) is 11.4 Å². The minimum atomic E-state index is -0.369. The molecule has 1 heterocycles. The number of nitrogens with zero attached hydrogens (tertiary/aromatic N) is 1. The van der Waals surface area contributed by atoms with E-state index in [4.69, 9.17) is 4.74 Å². The van der Waals surface area contributed by atoms with Crippen LogP contribution in [0.1, 0.15) is 79.1 Å². The number of aromatic hydroxyl groups is 1. The summed E-state index contributed by atoms with van der Waals surface area (Å²) in [5.41, 5.74) is 1.76. The van der Waals surface area contributed by atoms with E-state index in [1.165, 1.54) is 13.3 Å². The molecule has 152 valence electrons. The van der Waals surface area contributed by atoms with Crippen LogP contribution in [0.2, 0.25) is 0 Å². The number of hydrogen-bond donors (Lipinski definition) is 1. The van der Waals surface area contributed by atoms with Gasteiger partial charge in [-0.15, -0.1) is 0 Å². The number of rotatable bonds is 2. The van der Waals surface area contributed by atoms with E-state index in [-0.39, 0.29) is 50.7 Å². The Kier molecular flexibility index (Phi) is 4.89. The van der Waals surface area contributed by atoms with Crippen molar-refractivity contribution >= 4 is 17.1 Å². The van der Waals surface area contributed by atoms with Crippen molar-refractivity contribution in [3.63, 3.8) is 0 Å². The number of phenolic OH excluding ortho intramolecular Hbond substituents is 1. The van der Waals surface area contributed by atoms with E-state index < -0.39 is 0 Å². The van der Waals surface area contributed by atoms with Crippen LogP contribution in [0.5, 0.6) is 5.75 Å². The van der Waals surface area contributed by atoms with Gasteiger partial charge in [0, 0.05) is 17.3 Å². The number of ether oxygens (including phenoxy) is 1. The van der Waals surface area contributed by atoms with E-state index in [2.05, 4.69) is 4.98 Å². The Bertz CT molecular complexity index is 1010. The summed E-state index contributed by atoms with van der Waals surface area (Å²) < 4.78 is 5.40. The van der Waals surface area contributed by atoms with Crippen LogP contribution in [0.15, 0.2) is 36.2 Å². The summed E-state index contributed by atoms with van der Waals surface area (Å²) in [5, 5.41) is 11.0. The van der Waals surface area contributed by atoms with Crippen molar-refractivity contribution in [3.8, 4) is 5.75 Å². The van der Waals surface area contributed by atoms with Crippen LogP contribution < -0.4 is 0 Å². The van der Waals surface area contributed by atoms with E-state index in [1.54, 1.807) is 24.3 Å². The van der Waals surface area contributed by atoms with E-state index >= 15 is 0 Å². The summed E-state index contributed by atoms with van der Waals surface area (Å²) in [6.07, 6.45) is 1.50. The lowest BCUT2D eigenvalue weighted by atomic mass is 9.76. The number of methoxy groups -OCH3 is 1. The van der Waals surface area contributed by atoms with Gasteiger partial charge in [-0.25, -0.2) is 0 Å². The largest absolute Gasteiger partial charge is 0.507 e. The lowest BCUT2D eigenvalue weighted by Gasteiger charge is -2.29. The summed E-state index contributed by atoms with van der Waals surface area (Å²) in [6.45, 7) is 12.0. The lowest BCUT2D eigenvalue weighted by Crippen LogP contribution is -2.24. The molecule has 0 radical (unpaired) electrons. The molecule has 2 aromatic rings. The fourth-order valence-electron chi connectivity index (χ4n) is 3.61. The number of carbonyl (C=O) groups excluding carboxylic acids is 2. The van der Waals surface area contributed by atoms with Crippen LogP contribution in [0.4, 0.5) is 0 Å². The maximum Gasteiger partial charge on any atom is 0.230 e. The van der Waals surface area contributed by atoms with Crippen LogP contribution in [-0.4, -0.2) is 28.8 Å². The Morgan fingerprint density at radius 2 is 1.48 bits per heavy atom. The Balaban J connectivity index is 2.38. The van der Waals surface area contributed by atoms with Crippen LogP contribution in [-0.2, 0) is 15.6 Å². The number of hydrogen-bond acceptors (Lipinski definition) is 5. The molecule has 0 amide bonds. The topological polar surface area (TPSA) is 76.5 Å². The number of fused-ring (bicyclic) bond motifs is 1. The van der Waals surface area contributed by atoms with Crippen molar-refractivity contribution < 1.29 is 19.4 Å². The van der Waals surface area contributed by atoms with E-state index in [9.17, 15) is 14.7 Å². The van der Waals surface area contributed by atoms with E-state index in [0.29, 0.717) is 16.7 Å². The molecule has 0 fully saturated rings. The summed E-state index contributed by atoms with van der Waals surface area (Å²) >= 11 is 0. The van der Waals surface area contributed by atoms with Crippen molar-refractivity contribution in [1.82, 2.24) is 4.98 Å². The fourth-order valence-corrected chi connectivity index (χ4v) is 3.61. The van der Waals surface area contributed by atoms with Crippen molar-refractivity contribution in [2.24, 2.45) is 0 Å². The number of carbonyl (C=O) groups is 2. The molecule has 1 aromatic carbocycles. The number of pyridine rings is 1. The molecule has 0 saturated carbocycles. The van der Waals surface area contributed by atoms with Gasteiger partial charge in [0.25, 0.3) is 0 Å². The number of ketones is 2. The zero-order valence-corrected chi connectivity index (χ0v) is 18.0. The molecule has 29 heavy (non-hydrogen) atoms. The van der Waals surface area contributed by atoms with Gasteiger partial charge in [0.15, 0.2) is 5.76 Å². The molecule has 0 saturated heterocycles. The van der Waals surface area contributed by atoms with Gasteiger partial charge in [-0.2, -0.15) is 0 Å². The third-order valence-electron chi connectivity index (χ3n) is 5.15. The van der Waals surface area contributed by atoms with Crippen molar-refractivity contribution in [2.45, 2.75) is 52.4 Å². The van der Waals surface area contributed by atoms with E-state index in [1.807, 2.05) is 41.5 Å². The van der Waals surface area contributed by atoms with Gasteiger partial charge in [0.05, 0.1) is 18.2 Å². The Morgan fingerprint density at radius 3 is 1.97 bits per heavy atom. The molecule has 0 spiro atoms. The number of benzene rings is 1. The van der Waals surface area contributed by atoms with Gasteiger partial charge in [-0.05, 0) is 40.7 Å². The first-order chi connectivity index (χ1) is 13.4. The molecule has 1 aromatic heterocycles. The zero-order valence-electron chi connectivity index (χ0n) is 18.0. The van der Waals surface area contributed by atoms with Crippen molar-refractivity contribution in [3.05, 3.63) is 64.2 Å². The first-order valence-electron chi connectivity index (χ1n) is 9.59. The molecule has 0 aliphatic heterocycles. The fraction of sp³-hybridized carbons (Fsp3) is 0.375. The van der Waals surface area contributed by atoms with Gasteiger partial charge in [0.2, 0.25) is 11.6 Å². The number of Topliss-reactive ketones (excluding diaryl/α,β-unsaturated/α-hetero) is 2. The second-order valence-corrected chi connectivity index (χ2v) is 9.39. The van der Waals surface area contributed by atoms with Crippen molar-refractivity contribution in [2.75, 3.05) is 7.11 Å². The Hall–Kier alpha value is -2.95. The highest BCUT2D eigenvalue weighted by molar-refractivity contribution is 6.39.